The average Bonchev–Trinajstić information content (AvgIpc) is 3.59. The number of H-pyrrole nitrogens is 1. The summed E-state index contributed by atoms with van der Waals surface area (Å²) >= 11 is 1.62. The number of likely N-dealkylation sites (tertiary alicyclic amines) is 1. The number of carbonyl (C=O) groups is 1. The Hall–Kier alpha value is -3.46. The first-order valence-corrected chi connectivity index (χ1v) is 11.8. The molecule has 2 aliphatic rings. The largest absolute Gasteiger partial charge is 0.340 e. The molecule has 6 rings (SSSR count). The minimum Gasteiger partial charge on any atom is -0.340 e. The Labute approximate surface area is 189 Å². The predicted octanol–water partition coefficient (Wildman–Crippen LogP) is 4.62. The van der Waals surface area contributed by atoms with Crippen LogP contribution in [0.5, 0.6) is 0 Å². The van der Waals surface area contributed by atoms with E-state index < -0.39 is 0 Å². The molecule has 3 aromatic heterocycles. The number of rotatable bonds is 3. The van der Waals surface area contributed by atoms with Crippen LogP contribution in [-0.4, -0.2) is 61.9 Å². The molecule has 1 fully saturated rings. The molecule has 5 heterocycles. The molecule has 8 nitrogen and oxygen atoms in total. The average molecular weight is 446 g/mol. The van der Waals surface area contributed by atoms with E-state index in [2.05, 4.69) is 43.5 Å². The van der Waals surface area contributed by atoms with Crippen LogP contribution in [0.1, 0.15) is 25.0 Å². The number of hydrogen-bond donors (Lipinski definition) is 2. The third kappa shape index (κ3) is 3.48. The highest BCUT2D eigenvalue weighted by Gasteiger charge is 2.25. The van der Waals surface area contributed by atoms with Crippen molar-refractivity contribution >= 4 is 55.7 Å². The van der Waals surface area contributed by atoms with Gasteiger partial charge in [-0.05, 0) is 49.1 Å². The zero-order valence-electron chi connectivity index (χ0n) is 17.5. The molecule has 1 aromatic carbocycles. The lowest BCUT2D eigenvalue weighted by molar-refractivity contribution is 0.167. The van der Waals surface area contributed by atoms with Gasteiger partial charge in [0.1, 0.15) is 17.8 Å². The standard InChI is InChI=1S/C23H23N7OS/c31-23(29-7-1-2-8-29)30-9-5-15(6-10-30)19-12-17-21(24-13-25-22(17)28-19)27-16-3-4-18-20(11-16)32-14-26-18/h3-5,11-14H,1-2,6-10H2,(H2,24,25,27,28). The van der Waals surface area contributed by atoms with Gasteiger partial charge in [0, 0.05) is 37.6 Å². The fourth-order valence-electron chi connectivity index (χ4n) is 4.48. The van der Waals surface area contributed by atoms with Gasteiger partial charge in [0.15, 0.2) is 0 Å². The summed E-state index contributed by atoms with van der Waals surface area (Å²) in [4.78, 5) is 33.2. The summed E-state index contributed by atoms with van der Waals surface area (Å²) in [6.45, 7) is 3.16. The van der Waals surface area contributed by atoms with Crippen molar-refractivity contribution < 1.29 is 4.79 Å². The number of carbonyl (C=O) groups excluding carboxylic acids is 1. The van der Waals surface area contributed by atoms with E-state index in [4.69, 9.17) is 0 Å². The van der Waals surface area contributed by atoms with E-state index in [1.807, 2.05) is 27.4 Å². The van der Waals surface area contributed by atoms with Gasteiger partial charge in [-0.25, -0.2) is 19.7 Å². The van der Waals surface area contributed by atoms with E-state index in [1.54, 1.807) is 17.7 Å². The molecule has 4 aromatic rings. The van der Waals surface area contributed by atoms with Gasteiger partial charge >= 0.3 is 6.03 Å². The Balaban J connectivity index is 1.23. The topological polar surface area (TPSA) is 90.0 Å². The Morgan fingerprint density at radius 3 is 2.81 bits per heavy atom. The molecule has 162 valence electrons. The first-order valence-electron chi connectivity index (χ1n) is 10.9. The van der Waals surface area contributed by atoms with E-state index in [9.17, 15) is 4.79 Å². The maximum Gasteiger partial charge on any atom is 0.320 e. The SMILES string of the molecule is O=C(N1CC=C(c2cc3c(Nc4ccc5ncsc5c4)ncnc3[nH]2)CC1)N1CCCC1. The highest BCUT2D eigenvalue weighted by Crippen LogP contribution is 2.30. The van der Waals surface area contributed by atoms with Crippen LogP contribution in [0, 0.1) is 0 Å². The Kier molecular flexibility index (Phi) is 4.75. The molecule has 2 amide bonds. The molecule has 9 heteroatoms. The van der Waals surface area contributed by atoms with Crippen molar-refractivity contribution in [3.05, 3.63) is 47.9 Å². The van der Waals surface area contributed by atoms with Crippen LogP contribution in [-0.2, 0) is 0 Å². The molecular formula is C23H23N7OS. The Bertz CT molecular complexity index is 1330. The van der Waals surface area contributed by atoms with Gasteiger partial charge in [-0.1, -0.05) is 6.08 Å². The van der Waals surface area contributed by atoms with Gasteiger partial charge in [-0.2, -0.15) is 0 Å². The summed E-state index contributed by atoms with van der Waals surface area (Å²) in [5.41, 5.74) is 6.87. The fourth-order valence-corrected chi connectivity index (χ4v) is 5.19. The minimum atomic E-state index is 0.171. The molecule has 32 heavy (non-hydrogen) atoms. The lowest BCUT2D eigenvalue weighted by atomic mass is 10.1. The van der Waals surface area contributed by atoms with Crippen molar-refractivity contribution in [3.8, 4) is 0 Å². The maximum atomic E-state index is 12.7. The van der Waals surface area contributed by atoms with Gasteiger partial charge in [0.2, 0.25) is 0 Å². The van der Waals surface area contributed by atoms with E-state index in [0.29, 0.717) is 6.54 Å². The van der Waals surface area contributed by atoms with E-state index in [0.717, 1.165) is 77.3 Å². The summed E-state index contributed by atoms with van der Waals surface area (Å²) in [6.07, 6.45) is 6.78. The zero-order valence-corrected chi connectivity index (χ0v) is 18.4. The molecular weight excluding hydrogens is 422 g/mol. The molecule has 2 N–H and O–H groups in total. The molecule has 2 aliphatic heterocycles. The number of anilines is 2. The summed E-state index contributed by atoms with van der Waals surface area (Å²) in [7, 11) is 0. The number of nitrogens with one attached hydrogen (secondary N) is 2. The van der Waals surface area contributed by atoms with Gasteiger partial charge in [0.25, 0.3) is 0 Å². The zero-order chi connectivity index (χ0) is 21.5. The normalized spacial score (nSPS) is 16.7. The van der Waals surface area contributed by atoms with Crippen molar-refractivity contribution in [2.75, 3.05) is 31.5 Å². The van der Waals surface area contributed by atoms with Crippen molar-refractivity contribution in [3.63, 3.8) is 0 Å². The van der Waals surface area contributed by atoms with Gasteiger partial charge < -0.3 is 20.1 Å². The smallest absolute Gasteiger partial charge is 0.320 e. The third-order valence-electron chi connectivity index (χ3n) is 6.22. The first kappa shape index (κ1) is 19.2. The summed E-state index contributed by atoms with van der Waals surface area (Å²) in [5, 5.41) is 4.38. The van der Waals surface area contributed by atoms with Gasteiger partial charge in [-0.15, -0.1) is 11.3 Å². The van der Waals surface area contributed by atoms with Crippen LogP contribution in [0.4, 0.5) is 16.3 Å². The summed E-state index contributed by atoms with van der Waals surface area (Å²) < 4.78 is 1.13. The molecule has 0 radical (unpaired) electrons. The second-order valence-corrected chi connectivity index (χ2v) is 9.12. The fraction of sp³-hybridized carbons (Fsp3) is 0.304. The number of fused-ring (bicyclic) bond motifs is 2. The second-order valence-electron chi connectivity index (χ2n) is 8.23. The molecule has 0 atom stereocenters. The monoisotopic (exact) mass is 445 g/mol. The number of nitrogens with zero attached hydrogens (tertiary/aromatic N) is 5. The Morgan fingerprint density at radius 2 is 1.97 bits per heavy atom. The number of hydrogen-bond acceptors (Lipinski definition) is 6. The lowest BCUT2D eigenvalue weighted by Crippen LogP contribution is -2.43. The molecule has 0 spiro atoms. The molecule has 0 saturated carbocycles. The second kappa shape index (κ2) is 7.90. The number of aromatic amines is 1. The molecule has 0 aliphatic carbocycles. The summed E-state index contributed by atoms with van der Waals surface area (Å²) in [6, 6.07) is 8.39. The predicted molar refractivity (Wildman–Crippen MR) is 127 cm³/mol. The highest BCUT2D eigenvalue weighted by atomic mass is 32.1. The maximum absolute atomic E-state index is 12.7. The van der Waals surface area contributed by atoms with Crippen molar-refractivity contribution in [2.24, 2.45) is 0 Å². The highest BCUT2D eigenvalue weighted by molar-refractivity contribution is 7.16. The minimum absolute atomic E-state index is 0.171. The number of amides is 2. The molecule has 0 unspecified atom stereocenters. The number of urea groups is 1. The van der Waals surface area contributed by atoms with Crippen molar-refractivity contribution in [1.82, 2.24) is 29.7 Å². The van der Waals surface area contributed by atoms with Crippen LogP contribution in [0.3, 0.4) is 0 Å². The van der Waals surface area contributed by atoms with Gasteiger partial charge in [0.05, 0.1) is 21.1 Å². The van der Waals surface area contributed by atoms with E-state index >= 15 is 0 Å². The quantitative estimate of drug-likeness (QED) is 0.480. The number of aromatic nitrogens is 4. The number of thiazole rings is 1. The van der Waals surface area contributed by atoms with Crippen LogP contribution >= 0.6 is 11.3 Å². The van der Waals surface area contributed by atoms with Crippen LogP contribution in [0.15, 0.2) is 42.2 Å². The first-order chi connectivity index (χ1) is 15.7. The van der Waals surface area contributed by atoms with Crippen molar-refractivity contribution in [2.45, 2.75) is 19.3 Å². The Morgan fingerprint density at radius 1 is 1.06 bits per heavy atom. The lowest BCUT2D eigenvalue weighted by Gasteiger charge is -2.30. The van der Waals surface area contributed by atoms with E-state index in [-0.39, 0.29) is 6.03 Å². The van der Waals surface area contributed by atoms with Gasteiger partial charge in [-0.3, -0.25) is 0 Å². The van der Waals surface area contributed by atoms with Crippen LogP contribution in [0.25, 0.3) is 26.8 Å². The van der Waals surface area contributed by atoms with Crippen molar-refractivity contribution in [1.29, 1.82) is 0 Å². The third-order valence-corrected chi connectivity index (χ3v) is 7.01. The van der Waals surface area contributed by atoms with Crippen LogP contribution in [0.2, 0.25) is 0 Å². The molecule has 1 saturated heterocycles. The van der Waals surface area contributed by atoms with E-state index in [1.165, 1.54) is 5.57 Å². The summed E-state index contributed by atoms with van der Waals surface area (Å²) in [5.74, 6) is 0.767. The number of benzene rings is 1. The molecule has 0 bridgehead atoms. The van der Waals surface area contributed by atoms with Crippen LogP contribution < -0.4 is 5.32 Å².